The van der Waals surface area contributed by atoms with Gasteiger partial charge < -0.3 is 10.6 Å². The normalized spacial score (nSPS) is 10.8. The number of nitrogen functional groups attached to an aromatic ring is 1. The van der Waals surface area contributed by atoms with Crippen molar-refractivity contribution in [3.63, 3.8) is 0 Å². The average molecular weight is 361 g/mol. The van der Waals surface area contributed by atoms with Crippen molar-refractivity contribution in [1.29, 1.82) is 0 Å². The number of nitrogens with two attached hydrogens (primary N) is 1. The quantitative estimate of drug-likeness (QED) is 0.538. The van der Waals surface area contributed by atoms with Gasteiger partial charge in [0.2, 0.25) is 5.16 Å². The predicted octanol–water partition coefficient (Wildman–Crippen LogP) is 3.54. The first-order valence-electron chi connectivity index (χ1n) is 7.35. The highest BCUT2D eigenvalue weighted by Gasteiger charge is 2.11. The fraction of sp³-hybridized carbons (Fsp3) is 0.176. The maximum absolute atomic E-state index is 6.12. The van der Waals surface area contributed by atoms with E-state index in [1.165, 1.54) is 0 Å². The number of halogens is 1. The maximum Gasteiger partial charge on any atom is 0.210 e. The van der Waals surface area contributed by atoms with E-state index in [-0.39, 0.29) is 0 Å². The predicted molar refractivity (Wildman–Crippen MR) is 97.0 cm³/mol. The summed E-state index contributed by atoms with van der Waals surface area (Å²) in [4.78, 5) is 0. The third kappa shape index (κ3) is 4.01. The molecular formula is C17H17ClN4OS. The molecule has 1 aromatic heterocycles. The highest BCUT2D eigenvalue weighted by molar-refractivity contribution is 7.98. The average Bonchev–Trinajstić information content (AvgIpc) is 2.95. The van der Waals surface area contributed by atoms with Crippen molar-refractivity contribution in [3.8, 4) is 5.75 Å². The molecule has 0 amide bonds. The zero-order valence-corrected chi connectivity index (χ0v) is 14.7. The monoisotopic (exact) mass is 360 g/mol. The van der Waals surface area contributed by atoms with Crippen LogP contribution < -0.4 is 10.6 Å². The molecule has 2 aromatic carbocycles. The van der Waals surface area contributed by atoms with Crippen LogP contribution in [0.4, 0.5) is 0 Å². The van der Waals surface area contributed by atoms with Gasteiger partial charge in [-0.15, -0.1) is 10.2 Å². The van der Waals surface area contributed by atoms with E-state index in [1.807, 2.05) is 48.5 Å². The summed E-state index contributed by atoms with van der Waals surface area (Å²) < 4.78 is 6.71. The van der Waals surface area contributed by atoms with E-state index in [9.17, 15) is 0 Å². The molecule has 3 aromatic rings. The summed E-state index contributed by atoms with van der Waals surface area (Å²) in [6.07, 6.45) is 0.620. The van der Waals surface area contributed by atoms with E-state index < -0.39 is 0 Å². The van der Waals surface area contributed by atoms with E-state index in [1.54, 1.807) is 23.5 Å². The number of ether oxygens (including phenoxy) is 1. The first kappa shape index (κ1) is 16.7. The first-order chi connectivity index (χ1) is 11.7. The van der Waals surface area contributed by atoms with Gasteiger partial charge in [-0.1, -0.05) is 47.6 Å². The molecule has 0 saturated carbocycles. The van der Waals surface area contributed by atoms with Crippen LogP contribution in [0, 0.1) is 0 Å². The number of hydrogen-bond donors (Lipinski definition) is 1. The topological polar surface area (TPSA) is 66.0 Å². The molecule has 124 valence electrons. The number of hydrogen-bond acceptors (Lipinski definition) is 5. The van der Waals surface area contributed by atoms with Crippen molar-refractivity contribution in [2.45, 2.75) is 17.3 Å². The fourth-order valence-corrected chi connectivity index (χ4v) is 3.14. The second-order valence-electron chi connectivity index (χ2n) is 5.21. The molecule has 0 spiro atoms. The number of rotatable bonds is 6. The first-order valence-corrected chi connectivity index (χ1v) is 8.71. The molecule has 0 atom stereocenters. The van der Waals surface area contributed by atoms with Gasteiger partial charge in [-0.3, -0.25) is 0 Å². The molecule has 3 rings (SSSR count). The van der Waals surface area contributed by atoms with Crippen molar-refractivity contribution in [1.82, 2.24) is 14.9 Å². The lowest BCUT2D eigenvalue weighted by atomic mass is 10.1. The molecule has 0 aliphatic carbocycles. The number of nitrogens with zero attached hydrogens (tertiary/aromatic N) is 3. The lowest BCUT2D eigenvalue weighted by Crippen LogP contribution is -2.14. The minimum atomic E-state index is 0.620. The van der Waals surface area contributed by atoms with E-state index in [0.29, 0.717) is 11.6 Å². The lowest BCUT2D eigenvalue weighted by molar-refractivity contribution is 0.414. The Labute approximate surface area is 149 Å². The van der Waals surface area contributed by atoms with Crippen molar-refractivity contribution in [2.24, 2.45) is 0 Å². The standard InChI is InChI=1S/C17H17ClN4OS/c1-23-15-8-4-12(5-9-15)10-16-20-21-17(22(16)19)24-11-13-2-6-14(18)7-3-13/h2-9H,10-11,19H2,1H3. The molecule has 0 bridgehead atoms. The minimum Gasteiger partial charge on any atom is -0.497 e. The molecular weight excluding hydrogens is 344 g/mol. The van der Waals surface area contributed by atoms with Crippen LogP contribution in [-0.4, -0.2) is 22.0 Å². The summed E-state index contributed by atoms with van der Waals surface area (Å²) in [5, 5.41) is 9.79. The zero-order chi connectivity index (χ0) is 16.9. The second kappa shape index (κ2) is 7.59. The highest BCUT2D eigenvalue weighted by Crippen LogP contribution is 2.22. The van der Waals surface area contributed by atoms with Crippen LogP contribution in [-0.2, 0) is 12.2 Å². The van der Waals surface area contributed by atoms with Crippen LogP contribution in [0.1, 0.15) is 17.0 Å². The van der Waals surface area contributed by atoms with Gasteiger partial charge >= 0.3 is 0 Å². The van der Waals surface area contributed by atoms with Crippen LogP contribution in [0.5, 0.6) is 5.75 Å². The van der Waals surface area contributed by atoms with Gasteiger partial charge in [0.05, 0.1) is 7.11 Å². The molecule has 1 heterocycles. The second-order valence-corrected chi connectivity index (χ2v) is 6.59. The Morgan fingerprint density at radius 1 is 1.04 bits per heavy atom. The molecule has 0 aliphatic rings. The Balaban J connectivity index is 1.65. The van der Waals surface area contributed by atoms with Gasteiger partial charge in [0.1, 0.15) is 5.75 Å². The Kier molecular flexibility index (Phi) is 5.27. The summed E-state index contributed by atoms with van der Waals surface area (Å²) in [5.74, 6) is 8.43. The van der Waals surface area contributed by atoms with Gasteiger partial charge in [-0.25, -0.2) is 4.68 Å². The van der Waals surface area contributed by atoms with Crippen molar-refractivity contribution in [2.75, 3.05) is 13.0 Å². The summed E-state index contributed by atoms with van der Waals surface area (Å²) in [7, 11) is 1.65. The van der Waals surface area contributed by atoms with Crippen molar-refractivity contribution >= 4 is 23.4 Å². The summed E-state index contributed by atoms with van der Waals surface area (Å²) in [6.45, 7) is 0. The number of aromatic nitrogens is 3. The molecule has 0 unspecified atom stereocenters. The Hall–Kier alpha value is -2.18. The summed E-state index contributed by atoms with van der Waals surface area (Å²) >= 11 is 7.44. The fourth-order valence-electron chi connectivity index (χ4n) is 2.18. The number of methoxy groups -OCH3 is 1. The SMILES string of the molecule is COc1ccc(Cc2nnc(SCc3ccc(Cl)cc3)n2N)cc1. The third-order valence-electron chi connectivity index (χ3n) is 3.54. The maximum atomic E-state index is 6.12. The van der Waals surface area contributed by atoms with Crippen LogP contribution >= 0.6 is 23.4 Å². The Bertz CT molecular complexity index is 802. The van der Waals surface area contributed by atoms with Crippen molar-refractivity contribution < 1.29 is 4.74 Å². The van der Waals surface area contributed by atoms with Crippen molar-refractivity contribution in [3.05, 3.63) is 70.5 Å². The van der Waals surface area contributed by atoms with E-state index >= 15 is 0 Å². The Morgan fingerprint density at radius 3 is 2.38 bits per heavy atom. The van der Waals surface area contributed by atoms with Crippen LogP contribution in [0.15, 0.2) is 53.7 Å². The highest BCUT2D eigenvalue weighted by atomic mass is 35.5. The van der Waals surface area contributed by atoms with E-state index in [2.05, 4.69) is 10.2 Å². The van der Waals surface area contributed by atoms with Crippen LogP contribution in [0.2, 0.25) is 5.02 Å². The van der Waals surface area contributed by atoms with Gasteiger partial charge in [0, 0.05) is 17.2 Å². The smallest absolute Gasteiger partial charge is 0.210 e. The van der Waals surface area contributed by atoms with Gasteiger partial charge in [-0.2, -0.15) is 0 Å². The molecule has 2 N–H and O–H groups in total. The molecule has 0 saturated heterocycles. The Morgan fingerprint density at radius 2 is 1.71 bits per heavy atom. The summed E-state index contributed by atoms with van der Waals surface area (Å²) in [6, 6.07) is 15.6. The number of thioether (sulfide) groups is 1. The minimum absolute atomic E-state index is 0.620. The zero-order valence-electron chi connectivity index (χ0n) is 13.1. The van der Waals surface area contributed by atoms with Gasteiger partial charge in [0.15, 0.2) is 5.82 Å². The van der Waals surface area contributed by atoms with Crippen LogP contribution in [0.3, 0.4) is 0 Å². The third-order valence-corrected chi connectivity index (χ3v) is 4.80. The lowest BCUT2D eigenvalue weighted by Gasteiger charge is -2.05. The molecule has 5 nitrogen and oxygen atoms in total. The summed E-state index contributed by atoms with van der Waals surface area (Å²) in [5.41, 5.74) is 2.26. The molecule has 0 fully saturated rings. The molecule has 0 aliphatic heterocycles. The van der Waals surface area contributed by atoms with E-state index in [4.69, 9.17) is 22.2 Å². The van der Waals surface area contributed by atoms with Gasteiger partial charge in [0.25, 0.3) is 0 Å². The largest absolute Gasteiger partial charge is 0.497 e. The molecule has 0 radical (unpaired) electrons. The number of benzene rings is 2. The van der Waals surface area contributed by atoms with E-state index in [0.717, 1.165) is 33.5 Å². The molecule has 24 heavy (non-hydrogen) atoms. The molecule has 7 heteroatoms. The van der Waals surface area contributed by atoms with Gasteiger partial charge in [-0.05, 0) is 35.4 Å². The van der Waals surface area contributed by atoms with Crippen LogP contribution in [0.25, 0.3) is 0 Å².